The summed E-state index contributed by atoms with van der Waals surface area (Å²) in [6, 6.07) is 0. The summed E-state index contributed by atoms with van der Waals surface area (Å²) in [5.41, 5.74) is 0.432. The smallest absolute Gasteiger partial charge is 0.229 e. The predicted molar refractivity (Wildman–Crippen MR) is 78.7 cm³/mol. The molecule has 1 aliphatic rings. The van der Waals surface area contributed by atoms with Gasteiger partial charge in [-0.15, -0.1) is 0 Å². The van der Waals surface area contributed by atoms with E-state index < -0.39 is 9.04 Å². The Morgan fingerprint density at radius 1 is 1.18 bits per heavy atom. The third-order valence-electron chi connectivity index (χ3n) is 3.72. The first kappa shape index (κ1) is 14.8. The van der Waals surface area contributed by atoms with Crippen LogP contribution in [0.2, 0.25) is 13.1 Å². The molecule has 0 aliphatic heterocycles. The van der Waals surface area contributed by atoms with Gasteiger partial charge in [-0.2, -0.15) is 0 Å². The standard InChI is InChI=1S/C15H30OSi/c1-15(2,3)13-9-7-6-8-10-14(12-11-13)16-17(4)5/h12-13,17H,6-11H2,1-5H3/b14-12+. The second kappa shape index (κ2) is 6.63. The lowest BCUT2D eigenvalue weighted by Gasteiger charge is -2.30. The number of hydrogen-bond donors (Lipinski definition) is 0. The second-order valence-electron chi connectivity index (χ2n) is 6.74. The van der Waals surface area contributed by atoms with Crippen LogP contribution in [0.5, 0.6) is 0 Å². The molecule has 100 valence electrons. The fourth-order valence-corrected chi connectivity index (χ4v) is 3.38. The molecule has 0 bridgehead atoms. The monoisotopic (exact) mass is 254 g/mol. The topological polar surface area (TPSA) is 9.23 Å². The van der Waals surface area contributed by atoms with Crippen LogP contribution >= 0.6 is 0 Å². The van der Waals surface area contributed by atoms with Crippen LogP contribution in [-0.4, -0.2) is 9.04 Å². The van der Waals surface area contributed by atoms with Gasteiger partial charge in [0.1, 0.15) is 0 Å². The van der Waals surface area contributed by atoms with Crippen LogP contribution in [0.15, 0.2) is 11.8 Å². The molecule has 0 saturated heterocycles. The zero-order valence-electron chi connectivity index (χ0n) is 12.4. The van der Waals surface area contributed by atoms with Crippen molar-refractivity contribution in [1.29, 1.82) is 0 Å². The minimum absolute atomic E-state index is 0.432. The van der Waals surface area contributed by atoms with E-state index in [1.807, 2.05) is 0 Å². The van der Waals surface area contributed by atoms with Crippen LogP contribution in [-0.2, 0) is 4.43 Å². The van der Waals surface area contributed by atoms with E-state index in [1.54, 1.807) is 0 Å². The lowest BCUT2D eigenvalue weighted by Crippen LogP contribution is -2.20. The molecule has 0 spiro atoms. The summed E-state index contributed by atoms with van der Waals surface area (Å²) in [7, 11) is -0.924. The van der Waals surface area contributed by atoms with E-state index in [0.29, 0.717) is 5.41 Å². The Morgan fingerprint density at radius 3 is 2.47 bits per heavy atom. The molecule has 2 heteroatoms. The number of hydrogen-bond acceptors (Lipinski definition) is 1. The summed E-state index contributed by atoms with van der Waals surface area (Å²) in [5.74, 6) is 2.11. The third-order valence-corrected chi connectivity index (χ3v) is 4.49. The van der Waals surface area contributed by atoms with E-state index in [-0.39, 0.29) is 0 Å². The summed E-state index contributed by atoms with van der Waals surface area (Å²) in [5, 5.41) is 0. The van der Waals surface area contributed by atoms with Crippen molar-refractivity contribution in [3.8, 4) is 0 Å². The summed E-state index contributed by atoms with van der Waals surface area (Å²) < 4.78 is 6.04. The highest BCUT2D eigenvalue weighted by atomic mass is 28.3. The van der Waals surface area contributed by atoms with Gasteiger partial charge < -0.3 is 4.43 Å². The summed E-state index contributed by atoms with van der Waals surface area (Å²) in [4.78, 5) is 0. The Labute approximate surface area is 109 Å². The molecule has 1 unspecified atom stereocenters. The SMILES string of the molecule is C[SiH](C)O/C1=C/CC(C(C)(C)C)CCCCC1. The Kier molecular flexibility index (Phi) is 5.77. The first-order valence-electron chi connectivity index (χ1n) is 7.25. The molecular formula is C15H30OSi. The zero-order valence-corrected chi connectivity index (χ0v) is 13.5. The van der Waals surface area contributed by atoms with Gasteiger partial charge in [0.15, 0.2) is 0 Å². The highest BCUT2D eigenvalue weighted by Crippen LogP contribution is 2.35. The van der Waals surface area contributed by atoms with Crippen molar-refractivity contribution in [2.45, 2.75) is 72.4 Å². The van der Waals surface area contributed by atoms with Crippen molar-refractivity contribution in [3.05, 3.63) is 11.8 Å². The minimum atomic E-state index is -0.924. The van der Waals surface area contributed by atoms with E-state index in [9.17, 15) is 0 Å². The van der Waals surface area contributed by atoms with Crippen molar-refractivity contribution in [2.24, 2.45) is 11.3 Å². The molecule has 0 saturated carbocycles. The van der Waals surface area contributed by atoms with Crippen molar-refractivity contribution in [1.82, 2.24) is 0 Å². The van der Waals surface area contributed by atoms with Crippen LogP contribution in [0.25, 0.3) is 0 Å². The van der Waals surface area contributed by atoms with Gasteiger partial charge in [-0.05, 0) is 49.8 Å². The van der Waals surface area contributed by atoms with E-state index >= 15 is 0 Å². The van der Waals surface area contributed by atoms with E-state index in [4.69, 9.17) is 4.43 Å². The van der Waals surface area contributed by atoms with Crippen molar-refractivity contribution in [3.63, 3.8) is 0 Å². The lowest BCUT2D eigenvalue weighted by atomic mass is 9.76. The maximum Gasteiger partial charge on any atom is 0.229 e. The molecule has 0 aromatic carbocycles. The zero-order chi connectivity index (χ0) is 12.9. The highest BCUT2D eigenvalue weighted by molar-refractivity contribution is 6.48. The van der Waals surface area contributed by atoms with Gasteiger partial charge in [0.2, 0.25) is 9.04 Å². The molecule has 1 aliphatic carbocycles. The van der Waals surface area contributed by atoms with Gasteiger partial charge in [0, 0.05) is 6.42 Å². The van der Waals surface area contributed by atoms with Crippen LogP contribution < -0.4 is 0 Å². The molecular weight excluding hydrogens is 224 g/mol. The van der Waals surface area contributed by atoms with Crippen LogP contribution in [0.4, 0.5) is 0 Å². The van der Waals surface area contributed by atoms with E-state index in [2.05, 4.69) is 39.9 Å². The highest BCUT2D eigenvalue weighted by Gasteiger charge is 2.24. The minimum Gasteiger partial charge on any atom is -0.550 e. The predicted octanol–water partition coefficient (Wildman–Crippen LogP) is 4.89. The molecule has 0 heterocycles. The summed E-state index contributed by atoms with van der Waals surface area (Å²) >= 11 is 0. The molecule has 1 nitrogen and oxygen atoms in total. The van der Waals surface area contributed by atoms with Gasteiger partial charge in [-0.1, -0.05) is 33.6 Å². The molecule has 1 rings (SSSR count). The average molecular weight is 254 g/mol. The molecule has 0 radical (unpaired) electrons. The molecule has 1 atom stereocenters. The fraction of sp³-hybridized carbons (Fsp3) is 0.867. The Hall–Kier alpha value is -0.243. The van der Waals surface area contributed by atoms with Crippen molar-refractivity contribution < 1.29 is 4.43 Å². The maximum atomic E-state index is 6.04. The normalized spacial score (nSPS) is 26.7. The average Bonchev–Trinajstić information content (AvgIpc) is 2.28. The van der Waals surface area contributed by atoms with Gasteiger partial charge in [-0.25, -0.2) is 0 Å². The second-order valence-corrected chi connectivity index (χ2v) is 9.07. The number of rotatable bonds is 2. The Balaban J connectivity index is 2.67. The van der Waals surface area contributed by atoms with Crippen molar-refractivity contribution in [2.75, 3.05) is 0 Å². The van der Waals surface area contributed by atoms with E-state index in [1.165, 1.54) is 44.3 Å². The largest absolute Gasteiger partial charge is 0.550 e. The third kappa shape index (κ3) is 5.76. The summed E-state index contributed by atoms with van der Waals surface area (Å²) in [6.45, 7) is 11.6. The molecule has 0 aromatic heterocycles. The van der Waals surface area contributed by atoms with Crippen LogP contribution in [0, 0.1) is 11.3 Å². The van der Waals surface area contributed by atoms with Gasteiger partial charge in [-0.3, -0.25) is 0 Å². The van der Waals surface area contributed by atoms with E-state index in [0.717, 1.165) is 5.92 Å². The number of allylic oxidation sites excluding steroid dienone is 2. The van der Waals surface area contributed by atoms with Crippen molar-refractivity contribution >= 4 is 9.04 Å². The fourth-order valence-electron chi connectivity index (χ4n) is 2.56. The van der Waals surface area contributed by atoms with Gasteiger partial charge >= 0.3 is 0 Å². The summed E-state index contributed by atoms with van der Waals surface area (Å²) in [6.07, 6.45) is 10.2. The lowest BCUT2D eigenvalue weighted by molar-refractivity contribution is 0.222. The molecule has 0 amide bonds. The molecule has 0 aromatic rings. The molecule has 0 fully saturated rings. The van der Waals surface area contributed by atoms with Gasteiger partial charge in [0.05, 0.1) is 5.76 Å². The first-order valence-corrected chi connectivity index (χ1v) is 10.0. The molecule has 17 heavy (non-hydrogen) atoms. The van der Waals surface area contributed by atoms with Crippen LogP contribution in [0.1, 0.15) is 59.3 Å². The Morgan fingerprint density at radius 2 is 1.88 bits per heavy atom. The maximum absolute atomic E-state index is 6.04. The first-order chi connectivity index (χ1) is 7.89. The quantitative estimate of drug-likeness (QED) is 0.638. The molecule has 0 N–H and O–H groups in total. The Bertz CT molecular complexity index is 250. The van der Waals surface area contributed by atoms with Crippen LogP contribution in [0.3, 0.4) is 0 Å². The van der Waals surface area contributed by atoms with Gasteiger partial charge in [0.25, 0.3) is 0 Å².